The second-order valence-corrected chi connectivity index (χ2v) is 44.3. The number of aryl methyl sites for hydroxylation is 1. The zero-order chi connectivity index (χ0) is 27.4. The van der Waals surface area contributed by atoms with E-state index in [1.165, 1.54) is 0 Å². The zero-order valence-corrected chi connectivity index (χ0v) is 30.9. The molecular weight excluding hydrogens is 585 g/mol. The van der Waals surface area contributed by atoms with E-state index in [1.54, 1.807) is 24.3 Å². The predicted molar refractivity (Wildman–Crippen MR) is 162 cm³/mol. The molecule has 1 heterocycles. The normalized spacial score (nSPS) is 17.8. The Morgan fingerprint density at radius 2 is 1.17 bits per heavy atom. The number of hydrogen-bond acceptors (Lipinski definition) is 7. The summed E-state index contributed by atoms with van der Waals surface area (Å²) in [5.74, 6) is 0.173. The van der Waals surface area contributed by atoms with Gasteiger partial charge in [-0.3, -0.25) is 0 Å². The van der Waals surface area contributed by atoms with Gasteiger partial charge >= 0.3 is 223 Å². The van der Waals surface area contributed by atoms with Crippen LogP contribution in [-0.4, -0.2) is 67.0 Å². The molecule has 1 aromatic carbocycles. The Morgan fingerprint density at radius 1 is 0.800 bits per heavy atom. The summed E-state index contributed by atoms with van der Waals surface area (Å²) >= 11 is -3.90. The van der Waals surface area contributed by atoms with Crippen LogP contribution < -0.4 is 4.38 Å². The van der Waals surface area contributed by atoms with E-state index in [0.717, 1.165) is 5.56 Å². The Labute approximate surface area is 221 Å². The quantitative estimate of drug-likeness (QED) is 0.396. The first-order chi connectivity index (χ1) is 15.5. The van der Waals surface area contributed by atoms with E-state index < -0.39 is 57.0 Å². The van der Waals surface area contributed by atoms with Crippen molar-refractivity contribution in [2.45, 2.75) is 90.4 Å². The van der Waals surface area contributed by atoms with E-state index in [1.807, 2.05) is 6.92 Å². The predicted octanol–water partition coefficient (Wildman–Crippen LogP) is 5.59. The van der Waals surface area contributed by atoms with Crippen LogP contribution in [0, 0.1) is 6.92 Å². The summed E-state index contributed by atoms with van der Waals surface area (Å²) in [5, 5.41) is 4.56. The first-order valence-corrected chi connectivity index (χ1v) is 31.2. The average Bonchev–Trinajstić information content (AvgIpc) is 2.56. The van der Waals surface area contributed by atoms with Gasteiger partial charge in [-0.25, -0.2) is 0 Å². The summed E-state index contributed by atoms with van der Waals surface area (Å²) in [6, 6.07) is 6.84. The molecule has 1 aromatic rings. The van der Waals surface area contributed by atoms with E-state index in [-0.39, 0.29) is 15.7 Å². The zero-order valence-electron chi connectivity index (χ0n) is 24.0. The van der Waals surface area contributed by atoms with Crippen LogP contribution in [-0.2, 0) is 13.6 Å². The third kappa shape index (κ3) is 6.33. The van der Waals surface area contributed by atoms with Crippen LogP contribution in [0.1, 0.15) is 5.56 Å². The monoisotopic (exact) mass is 632 g/mol. The van der Waals surface area contributed by atoms with Gasteiger partial charge in [-0.2, -0.15) is 0 Å². The first-order valence-electron chi connectivity index (χ1n) is 12.1. The van der Waals surface area contributed by atoms with E-state index >= 15 is 0 Å². The minimum atomic E-state index is -3.90. The van der Waals surface area contributed by atoms with Crippen molar-refractivity contribution in [3.63, 3.8) is 0 Å². The maximum atomic E-state index is 13.6. The van der Waals surface area contributed by atoms with Gasteiger partial charge in [0.15, 0.2) is 0 Å². The van der Waals surface area contributed by atoms with Gasteiger partial charge in [0.1, 0.15) is 0 Å². The van der Waals surface area contributed by atoms with Crippen LogP contribution in [0.3, 0.4) is 0 Å². The summed E-state index contributed by atoms with van der Waals surface area (Å²) in [7, 11) is -11.6. The van der Waals surface area contributed by atoms with Crippen molar-refractivity contribution in [2.24, 2.45) is 5.10 Å². The number of rotatable bonds is 7. The molecule has 0 spiro atoms. The Bertz CT molecular complexity index is 1040. The van der Waals surface area contributed by atoms with Crippen LogP contribution in [0.5, 0.6) is 0 Å². The SMILES string of the molecule is C=C1[O][Ge]([N]([Si](C)(C)C)[Si](C)(C)C)([N]([Si](C)(C)C)[Si](C)(C)C)[NH]N=C1S(=O)(=O)c1ccc(C)cc1. The second-order valence-electron chi connectivity index (χ2n) is 13.3. The molecule has 7 nitrogen and oxygen atoms in total. The topological polar surface area (TPSA) is 74.2 Å². The number of sulfone groups is 1. The number of benzene rings is 1. The molecule has 198 valence electrons. The Hall–Kier alpha value is -0.490. The van der Waals surface area contributed by atoms with Crippen LogP contribution in [0.25, 0.3) is 0 Å². The van der Waals surface area contributed by atoms with Crippen LogP contribution in [0.2, 0.25) is 78.6 Å². The fraction of sp³-hybridized carbons (Fsp3) is 0.591. The molecule has 2 rings (SSSR count). The first kappa shape index (κ1) is 30.7. The van der Waals surface area contributed by atoms with E-state index in [2.05, 4.69) is 101 Å². The molecule has 0 aromatic heterocycles. The average molecular weight is 632 g/mol. The molecule has 0 bridgehead atoms. The van der Waals surface area contributed by atoms with Crippen molar-refractivity contribution in [1.82, 2.24) is 10.8 Å². The van der Waals surface area contributed by atoms with Crippen LogP contribution in [0.15, 0.2) is 46.6 Å². The van der Waals surface area contributed by atoms with E-state index in [0.29, 0.717) is 0 Å². The van der Waals surface area contributed by atoms with Crippen molar-refractivity contribution in [3.8, 4) is 0 Å². The number of hydrazone groups is 1. The molecule has 0 unspecified atom stereocenters. The molecule has 1 aliphatic rings. The number of nitrogens with zero attached hydrogens (tertiary/aromatic N) is 3. The fourth-order valence-corrected chi connectivity index (χ4v) is 58.7. The third-order valence-electron chi connectivity index (χ3n) is 5.68. The van der Waals surface area contributed by atoms with Crippen molar-refractivity contribution in [3.05, 3.63) is 42.2 Å². The van der Waals surface area contributed by atoms with Crippen molar-refractivity contribution in [1.29, 1.82) is 0 Å². The van der Waals surface area contributed by atoms with Crippen molar-refractivity contribution in [2.75, 3.05) is 0 Å². The standard InChI is InChI=1S/C22H46GeN4O3SSi4/c1-19-15-17-21(18-16-19)31(28,29)22-20(2)30-23(25-24-22,26(32(3,4)5)33(6,7)8)27(34(9,10)11)35(12,13)14/h15-18,25H,2H2,1,3-14H3. The van der Waals surface area contributed by atoms with Gasteiger partial charge in [0, 0.05) is 0 Å². The summed E-state index contributed by atoms with van der Waals surface area (Å²) in [6.07, 6.45) is 0. The molecule has 0 saturated carbocycles. The molecule has 0 aliphatic carbocycles. The summed E-state index contributed by atoms with van der Waals surface area (Å²) < 4.78 is 43.1. The van der Waals surface area contributed by atoms with Crippen molar-refractivity contribution < 1.29 is 12.2 Å². The maximum absolute atomic E-state index is 13.6. The number of hydrogen-bond donors (Lipinski definition) is 1. The third-order valence-corrected chi connectivity index (χ3v) is 48.5. The molecule has 0 radical (unpaired) electrons. The fourth-order valence-electron chi connectivity index (χ4n) is 5.59. The van der Waals surface area contributed by atoms with Crippen molar-refractivity contribution >= 4 is 62.1 Å². The second kappa shape index (κ2) is 9.67. The molecule has 0 saturated heterocycles. The minimum absolute atomic E-state index is 0.111. The van der Waals surface area contributed by atoms with Gasteiger partial charge in [0.05, 0.1) is 0 Å². The molecule has 13 heteroatoms. The van der Waals surface area contributed by atoms with Crippen LogP contribution in [0.4, 0.5) is 0 Å². The number of nitrogens with one attached hydrogen (secondary N) is 1. The molecule has 1 N–H and O–H groups in total. The molecule has 0 atom stereocenters. The van der Waals surface area contributed by atoms with E-state index in [9.17, 15) is 8.42 Å². The molecule has 35 heavy (non-hydrogen) atoms. The van der Waals surface area contributed by atoms with Gasteiger partial charge in [-0.05, 0) is 0 Å². The van der Waals surface area contributed by atoms with Gasteiger partial charge in [0.25, 0.3) is 0 Å². The van der Waals surface area contributed by atoms with Gasteiger partial charge in [-0.15, -0.1) is 0 Å². The van der Waals surface area contributed by atoms with Gasteiger partial charge in [0.2, 0.25) is 0 Å². The molecule has 1 aliphatic heterocycles. The summed E-state index contributed by atoms with van der Waals surface area (Å²) in [5.41, 5.74) is 0.999. The van der Waals surface area contributed by atoms with Gasteiger partial charge in [-0.1, -0.05) is 0 Å². The van der Waals surface area contributed by atoms with Crippen LogP contribution >= 0.6 is 0 Å². The summed E-state index contributed by atoms with van der Waals surface area (Å²) in [4.78, 5) is 0.202. The molecule has 0 fully saturated rings. The van der Waals surface area contributed by atoms with Gasteiger partial charge < -0.3 is 0 Å². The Balaban J connectivity index is 2.85. The Kier molecular flexibility index (Phi) is 8.49. The molecular formula is C22H46GeN4O3SSi4. The molecule has 0 amide bonds. The van der Waals surface area contributed by atoms with E-state index in [4.69, 9.17) is 3.76 Å². The summed E-state index contributed by atoms with van der Waals surface area (Å²) in [6.45, 7) is 34.5. The Morgan fingerprint density at radius 3 is 1.49 bits per heavy atom.